The van der Waals surface area contributed by atoms with Gasteiger partial charge in [0.25, 0.3) is 0 Å². The van der Waals surface area contributed by atoms with Crippen LogP contribution in [0, 0.1) is 12.8 Å². The third-order valence-corrected chi connectivity index (χ3v) is 3.48. The molecule has 2 rings (SSSR count). The highest BCUT2D eigenvalue weighted by Crippen LogP contribution is 2.21. The maximum absolute atomic E-state index is 11.5. The number of aromatic nitrogens is 2. The molecule has 2 heterocycles. The zero-order chi connectivity index (χ0) is 14.7. The van der Waals surface area contributed by atoms with Gasteiger partial charge in [0.2, 0.25) is 5.95 Å². The Balaban J connectivity index is 2.21. The van der Waals surface area contributed by atoms with Crippen molar-refractivity contribution in [3.63, 3.8) is 0 Å². The second-order valence-corrected chi connectivity index (χ2v) is 4.93. The summed E-state index contributed by atoms with van der Waals surface area (Å²) in [5, 5.41) is 19.1. The molecule has 1 saturated heterocycles. The number of hydrogen-bond acceptors (Lipinski definition) is 7. The summed E-state index contributed by atoms with van der Waals surface area (Å²) in [5.41, 5.74) is 0.864. The number of rotatable bonds is 3. The lowest BCUT2D eigenvalue weighted by molar-refractivity contribution is 0.0543. The highest BCUT2D eigenvalue weighted by Gasteiger charge is 2.28. The summed E-state index contributed by atoms with van der Waals surface area (Å²) in [4.78, 5) is 21.8. The number of hydrogen-bond donors (Lipinski definition) is 2. The molecule has 0 amide bonds. The first-order valence-electron chi connectivity index (χ1n) is 6.53. The number of β-amino-alcohol motifs (C(OH)–C–C–N with tert-alkyl or cyclic N) is 1. The third-order valence-electron chi connectivity index (χ3n) is 3.48. The lowest BCUT2D eigenvalue weighted by Gasteiger charge is -2.35. The zero-order valence-corrected chi connectivity index (χ0v) is 11.6. The summed E-state index contributed by atoms with van der Waals surface area (Å²) < 4.78 is 4.66. The lowest BCUT2D eigenvalue weighted by Crippen LogP contribution is -2.45. The molecule has 1 aromatic rings. The van der Waals surface area contributed by atoms with Crippen LogP contribution >= 0.6 is 0 Å². The van der Waals surface area contributed by atoms with Crippen LogP contribution in [0.2, 0.25) is 0 Å². The molecular formula is C13H19N3O4. The average molecular weight is 281 g/mol. The van der Waals surface area contributed by atoms with Crippen molar-refractivity contribution in [2.75, 3.05) is 31.7 Å². The number of carbonyl (C=O) groups excluding carboxylic acids is 1. The predicted octanol–water partition coefficient (Wildman–Crippen LogP) is -0.249. The number of esters is 1. The number of ether oxygens (including phenoxy) is 1. The number of carbonyl (C=O) groups is 1. The molecule has 0 radical (unpaired) electrons. The molecule has 0 aromatic carbocycles. The van der Waals surface area contributed by atoms with E-state index in [9.17, 15) is 9.90 Å². The topological polar surface area (TPSA) is 95.8 Å². The number of aliphatic hydroxyl groups is 2. The maximum Gasteiger partial charge on any atom is 0.356 e. The molecule has 0 bridgehead atoms. The van der Waals surface area contributed by atoms with E-state index in [4.69, 9.17) is 5.11 Å². The van der Waals surface area contributed by atoms with E-state index in [2.05, 4.69) is 14.7 Å². The molecule has 7 heteroatoms. The molecule has 0 saturated carbocycles. The SMILES string of the molecule is COC(=O)c1cc(C)nc(N2CC[C@H](CO)[C@@H](O)C2)n1. The van der Waals surface area contributed by atoms with E-state index in [0.29, 0.717) is 31.2 Å². The largest absolute Gasteiger partial charge is 0.464 e. The van der Waals surface area contributed by atoms with E-state index < -0.39 is 12.1 Å². The minimum atomic E-state index is -0.626. The Hall–Kier alpha value is -1.73. The van der Waals surface area contributed by atoms with E-state index in [0.717, 1.165) is 0 Å². The van der Waals surface area contributed by atoms with Crippen LogP contribution in [0.15, 0.2) is 6.07 Å². The van der Waals surface area contributed by atoms with Crippen molar-refractivity contribution in [2.24, 2.45) is 5.92 Å². The van der Waals surface area contributed by atoms with E-state index in [1.807, 2.05) is 4.90 Å². The van der Waals surface area contributed by atoms with Crippen molar-refractivity contribution >= 4 is 11.9 Å². The van der Waals surface area contributed by atoms with Gasteiger partial charge in [-0.05, 0) is 19.4 Å². The number of aryl methyl sites for hydroxylation is 1. The van der Waals surface area contributed by atoms with Crippen molar-refractivity contribution in [3.8, 4) is 0 Å². The zero-order valence-electron chi connectivity index (χ0n) is 11.6. The van der Waals surface area contributed by atoms with Gasteiger partial charge in [-0.1, -0.05) is 0 Å². The fourth-order valence-electron chi connectivity index (χ4n) is 2.28. The molecular weight excluding hydrogens is 262 g/mol. The van der Waals surface area contributed by atoms with E-state index in [1.54, 1.807) is 13.0 Å². The molecule has 1 aromatic heterocycles. The predicted molar refractivity (Wildman–Crippen MR) is 71.5 cm³/mol. The van der Waals surface area contributed by atoms with Crippen LogP contribution in [0.25, 0.3) is 0 Å². The second-order valence-electron chi connectivity index (χ2n) is 4.93. The van der Waals surface area contributed by atoms with Crippen LogP contribution in [0.4, 0.5) is 5.95 Å². The summed E-state index contributed by atoms with van der Waals surface area (Å²) in [5.74, 6) is -0.223. The van der Waals surface area contributed by atoms with Crippen molar-refractivity contribution in [1.82, 2.24) is 9.97 Å². The molecule has 0 spiro atoms. The molecule has 0 unspecified atom stereocenters. The van der Waals surface area contributed by atoms with Crippen LogP contribution in [-0.2, 0) is 4.74 Å². The van der Waals surface area contributed by atoms with Crippen LogP contribution in [-0.4, -0.2) is 59.1 Å². The number of anilines is 1. The van der Waals surface area contributed by atoms with E-state index in [1.165, 1.54) is 7.11 Å². The summed E-state index contributed by atoms with van der Waals surface area (Å²) in [6.07, 6.45) is 0.0298. The quantitative estimate of drug-likeness (QED) is 0.738. The van der Waals surface area contributed by atoms with Crippen molar-refractivity contribution < 1.29 is 19.7 Å². The van der Waals surface area contributed by atoms with Crippen molar-refractivity contribution in [2.45, 2.75) is 19.4 Å². The second kappa shape index (κ2) is 6.15. The van der Waals surface area contributed by atoms with Crippen LogP contribution in [0.1, 0.15) is 22.6 Å². The van der Waals surface area contributed by atoms with Gasteiger partial charge in [0.05, 0.1) is 13.2 Å². The van der Waals surface area contributed by atoms with Gasteiger partial charge < -0.3 is 19.8 Å². The molecule has 2 N–H and O–H groups in total. The highest BCUT2D eigenvalue weighted by molar-refractivity contribution is 5.87. The Morgan fingerprint density at radius 1 is 1.55 bits per heavy atom. The van der Waals surface area contributed by atoms with Gasteiger partial charge in [0.1, 0.15) is 0 Å². The van der Waals surface area contributed by atoms with Gasteiger partial charge in [-0.3, -0.25) is 0 Å². The minimum Gasteiger partial charge on any atom is -0.464 e. The summed E-state index contributed by atoms with van der Waals surface area (Å²) in [6, 6.07) is 1.56. The molecule has 110 valence electrons. The molecule has 1 fully saturated rings. The lowest BCUT2D eigenvalue weighted by atomic mass is 9.95. The number of piperidine rings is 1. The molecule has 1 aliphatic heterocycles. The third kappa shape index (κ3) is 3.05. The van der Waals surface area contributed by atoms with Crippen LogP contribution in [0.3, 0.4) is 0 Å². The van der Waals surface area contributed by atoms with E-state index in [-0.39, 0.29) is 18.2 Å². The smallest absolute Gasteiger partial charge is 0.356 e. The molecule has 1 aliphatic rings. The Bertz CT molecular complexity index is 495. The van der Waals surface area contributed by atoms with Crippen LogP contribution < -0.4 is 4.90 Å². The molecule has 2 atom stereocenters. The van der Waals surface area contributed by atoms with Crippen molar-refractivity contribution in [3.05, 3.63) is 17.5 Å². The summed E-state index contributed by atoms with van der Waals surface area (Å²) in [7, 11) is 1.30. The number of nitrogens with zero attached hydrogens (tertiary/aromatic N) is 3. The molecule has 20 heavy (non-hydrogen) atoms. The summed E-state index contributed by atoms with van der Waals surface area (Å²) in [6.45, 7) is 2.72. The minimum absolute atomic E-state index is 0.0307. The maximum atomic E-state index is 11.5. The monoisotopic (exact) mass is 281 g/mol. The molecule has 7 nitrogen and oxygen atoms in total. The number of methoxy groups -OCH3 is 1. The van der Waals surface area contributed by atoms with Crippen LogP contribution in [0.5, 0.6) is 0 Å². The Morgan fingerprint density at radius 2 is 2.30 bits per heavy atom. The Kier molecular flexibility index (Phi) is 4.51. The number of aliphatic hydroxyl groups excluding tert-OH is 2. The van der Waals surface area contributed by atoms with Crippen molar-refractivity contribution in [1.29, 1.82) is 0 Å². The van der Waals surface area contributed by atoms with Gasteiger partial charge in [-0.25, -0.2) is 14.8 Å². The molecule has 0 aliphatic carbocycles. The van der Waals surface area contributed by atoms with Gasteiger partial charge in [0.15, 0.2) is 5.69 Å². The summed E-state index contributed by atoms with van der Waals surface area (Å²) >= 11 is 0. The first-order chi connectivity index (χ1) is 9.55. The first kappa shape index (κ1) is 14.7. The van der Waals surface area contributed by atoms with Gasteiger partial charge in [-0.15, -0.1) is 0 Å². The fourth-order valence-corrected chi connectivity index (χ4v) is 2.28. The normalized spacial score (nSPS) is 22.7. The Morgan fingerprint density at radius 3 is 2.90 bits per heavy atom. The Labute approximate surface area is 117 Å². The van der Waals surface area contributed by atoms with Gasteiger partial charge >= 0.3 is 5.97 Å². The van der Waals surface area contributed by atoms with Gasteiger partial charge in [-0.2, -0.15) is 0 Å². The highest BCUT2D eigenvalue weighted by atomic mass is 16.5. The average Bonchev–Trinajstić information content (AvgIpc) is 2.45. The standard InChI is InChI=1S/C13H19N3O4/c1-8-5-10(12(19)20-2)15-13(14-8)16-4-3-9(7-17)11(18)6-16/h5,9,11,17-18H,3-4,6-7H2,1-2H3/t9-,11+/m1/s1. The first-order valence-corrected chi connectivity index (χ1v) is 6.53. The van der Waals surface area contributed by atoms with E-state index >= 15 is 0 Å². The fraction of sp³-hybridized carbons (Fsp3) is 0.615. The van der Waals surface area contributed by atoms with Gasteiger partial charge in [0, 0.05) is 31.3 Å².